The molecule has 1 heterocycles. The number of aliphatic hydroxyl groups is 1. The van der Waals surface area contributed by atoms with E-state index in [2.05, 4.69) is 0 Å². The van der Waals surface area contributed by atoms with Crippen molar-refractivity contribution in [2.75, 3.05) is 13.1 Å². The highest BCUT2D eigenvalue weighted by Gasteiger charge is 2.33. The minimum Gasteiger partial charge on any atom is -0.391 e. The van der Waals surface area contributed by atoms with E-state index in [1.165, 1.54) is 0 Å². The highest BCUT2D eigenvalue weighted by Crippen LogP contribution is 2.20. The first kappa shape index (κ1) is 10.5. The first-order valence-corrected chi connectivity index (χ1v) is 4.78. The van der Waals surface area contributed by atoms with Crippen molar-refractivity contribution < 1.29 is 9.90 Å². The molecule has 1 amide bonds. The van der Waals surface area contributed by atoms with Crippen molar-refractivity contribution in [3.05, 3.63) is 0 Å². The van der Waals surface area contributed by atoms with Gasteiger partial charge in [-0.2, -0.15) is 0 Å². The number of hydrogen-bond acceptors (Lipinski definition) is 3. The van der Waals surface area contributed by atoms with E-state index in [0.717, 1.165) is 6.42 Å². The maximum atomic E-state index is 11.4. The monoisotopic (exact) mass is 186 g/mol. The fourth-order valence-electron chi connectivity index (χ4n) is 1.72. The van der Waals surface area contributed by atoms with Crippen molar-refractivity contribution in [3.63, 3.8) is 0 Å². The van der Waals surface area contributed by atoms with Gasteiger partial charge in [0.2, 0.25) is 5.91 Å². The third kappa shape index (κ3) is 2.19. The average molecular weight is 186 g/mol. The third-order valence-electron chi connectivity index (χ3n) is 2.63. The molecule has 2 unspecified atom stereocenters. The van der Waals surface area contributed by atoms with E-state index < -0.39 is 6.04 Å². The quantitative estimate of drug-likeness (QED) is 0.614. The Labute approximate surface area is 78.7 Å². The molecule has 1 saturated heterocycles. The molecule has 13 heavy (non-hydrogen) atoms. The van der Waals surface area contributed by atoms with Gasteiger partial charge in [-0.3, -0.25) is 4.79 Å². The number of amides is 1. The molecular weight excluding hydrogens is 168 g/mol. The van der Waals surface area contributed by atoms with E-state index in [4.69, 9.17) is 5.73 Å². The van der Waals surface area contributed by atoms with Crippen LogP contribution in [-0.4, -0.2) is 41.1 Å². The number of carbonyl (C=O) groups excluding carboxylic acids is 1. The van der Waals surface area contributed by atoms with Crippen LogP contribution in [0.15, 0.2) is 0 Å². The van der Waals surface area contributed by atoms with Crippen LogP contribution in [0.4, 0.5) is 0 Å². The fraction of sp³-hybridized carbons (Fsp3) is 0.889. The van der Waals surface area contributed by atoms with Gasteiger partial charge >= 0.3 is 0 Å². The summed E-state index contributed by atoms with van der Waals surface area (Å²) in [5.74, 6) is 0.165. The molecule has 3 atom stereocenters. The number of β-amino-alcohol motifs (C(OH)–C–C–N with tert-alkyl or cyclic N) is 1. The molecule has 4 nitrogen and oxygen atoms in total. The molecule has 1 aliphatic heterocycles. The lowest BCUT2D eigenvalue weighted by molar-refractivity contribution is -0.131. The molecule has 0 aliphatic carbocycles. The number of likely N-dealkylation sites (tertiary alicyclic amines) is 1. The molecule has 0 aromatic heterocycles. The van der Waals surface area contributed by atoms with Crippen LogP contribution in [0.2, 0.25) is 0 Å². The summed E-state index contributed by atoms with van der Waals surface area (Å²) in [6.07, 6.45) is 0.539. The van der Waals surface area contributed by atoms with Gasteiger partial charge < -0.3 is 15.7 Å². The second-order valence-electron chi connectivity index (χ2n) is 3.77. The van der Waals surface area contributed by atoms with Gasteiger partial charge in [0.25, 0.3) is 0 Å². The van der Waals surface area contributed by atoms with Gasteiger partial charge in [-0.1, -0.05) is 6.92 Å². The van der Waals surface area contributed by atoms with E-state index >= 15 is 0 Å². The van der Waals surface area contributed by atoms with Crippen molar-refractivity contribution in [2.24, 2.45) is 11.7 Å². The Morgan fingerprint density at radius 2 is 2.31 bits per heavy atom. The van der Waals surface area contributed by atoms with Crippen LogP contribution in [0.5, 0.6) is 0 Å². The average Bonchev–Trinajstić information content (AvgIpc) is 2.45. The molecule has 0 bridgehead atoms. The predicted molar refractivity (Wildman–Crippen MR) is 50.0 cm³/mol. The normalized spacial score (nSPS) is 30.6. The third-order valence-corrected chi connectivity index (χ3v) is 2.63. The Bertz CT molecular complexity index is 194. The Hall–Kier alpha value is -0.610. The lowest BCUT2D eigenvalue weighted by atomic mass is 10.0. The van der Waals surface area contributed by atoms with Crippen LogP contribution < -0.4 is 5.73 Å². The summed E-state index contributed by atoms with van der Waals surface area (Å²) >= 11 is 0. The summed E-state index contributed by atoms with van der Waals surface area (Å²) in [6.45, 7) is 4.79. The summed E-state index contributed by atoms with van der Waals surface area (Å²) < 4.78 is 0. The van der Waals surface area contributed by atoms with Crippen LogP contribution in [-0.2, 0) is 4.79 Å². The van der Waals surface area contributed by atoms with Crippen LogP contribution in [0.1, 0.15) is 20.3 Å². The lowest BCUT2D eigenvalue weighted by Gasteiger charge is -2.17. The predicted octanol–water partition coefficient (Wildman–Crippen LogP) is -0.437. The van der Waals surface area contributed by atoms with Crippen LogP contribution in [0.3, 0.4) is 0 Å². The summed E-state index contributed by atoms with van der Waals surface area (Å²) in [4.78, 5) is 13.1. The molecule has 76 valence electrons. The van der Waals surface area contributed by atoms with E-state index in [-0.39, 0.29) is 17.9 Å². The lowest BCUT2D eigenvalue weighted by Crippen LogP contribution is -2.41. The van der Waals surface area contributed by atoms with E-state index in [0.29, 0.717) is 13.1 Å². The topological polar surface area (TPSA) is 66.6 Å². The molecule has 1 rings (SSSR count). The van der Waals surface area contributed by atoms with Crippen LogP contribution in [0.25, 0.3) is 0 Å². The van der Waals surface area contributed by atoms with Crippen LogP contribution in [0, 0.1) is 5.92 Å². The zero-order valence-electron chi connectivity index (χ0n) is 8.23. The molecule has 0 saturated carbocycles. The van der Waals surface area contributed by atoms with Crippen LogP contribution >= 0.6 is 0 Å². The minimum absolute atomic E-state index is 0.0602. The van der Waals surface area contributed by atoms with Gasteiger partial charge in [0, 0.05) is 19.0 Å². The number of rotatable bonds is 2. The Morgan fingerprint density at radius 1 is 1.69 bits per heavy atom. The fourth-order valence-corrected chi connectivity index (χ4v) is 1.72. The summed E-state index contributed by atoms with van der Waals surface area (Å²) in [6, 6.07) is -0.456. The number of carbonyl (C=O) groups is 1. The highest BCUT2D eigenvalue weighted by atomic mass is 16.3. The maximum Gasteiger partial charge on any atom is 0.239 e. The van der Waals surface area contributed by atoms with Gasteiger partial charge in [0.15, 0.2) is 0 Å². The molecule has 4 heteroatoms. The number of nitrogens with two attached hydrogens (primary N) is 1. The molecule has 0 aromatic rings. The zero-order chi connectivity index (χ0) is 10.0. The standard InChI is InChI=1S/C9H18N2O2/c1-3-7-4-11(5-8(7)12)9(13)6(2)10/h6-8,12H,3-5,10H2,1-2H3/t6-,7?,8?/m0/s1. The Balaban J connectivity index is 2.53. The van der Waals surface area contributed by atoms with Crippen molar-refractivity contribution in [1.82, 2.24) is 4.90 Å². The van der Waals surface area contributed by atoms with Gasteiger partial charge in [-0.05, 0) is 13.3 Å². The number of nitrogens with zero attached hydrogens (tertiary/aromatic N) is 1. The molecule has 1 aliphatic rings. The zero-order valence-corrected chi connectivity index (χ0v) is 8.23. The van der Waals surface area contributed by atoms with Crippen molar-refractivity contribution >= 4 is 5.91 Å². The largest absolute Gasteiger partial charge is 0.391 e. The van der Waals surface area contributed by atoms with Gasteiger partial charge in [0.1, 0.15) is 0 Å². The van der Waals surface area contributed by atoms with E-state index in [9.17, 15) is 9.90 Å². The molecule has 0 spiro atoms. The van der Waals surface area contributed by atoms with E-state index in [1.54, 1.807) is 11.8 Å². The molecule has 0 aromatic carbocycles. The molecule has 0 radical (unpaired) electrons. The van der Waals surface area contributed by atoms with Crippen molar-refractivity contribution in [3.8, 4) is 0 Å². The molecule has 3 N–H and O–H groups in total. The number of aliphatic hydroxyl groups excluding tert-OH is 1. The minimum atomic E-state index is -0.456. The first-order chi connectivity index (χ1) is 6.06. The Morgan fingerprint density at radius 3 is 2.69 bits per heavy atom. The van der Waals surface area contributed by atoms with Gasteiger partial charge in [-0.25, -0.2) is 0 Å². The SMILES string of the molecule is CCC1CN(C(=O)[C@H](C)N)CC1O. The second-order valence-corrected chi connectivity index (χ2v) is 3.77. The smallest absolute Gasteiger partial charge is 0.239 e. The molecule has 1 fully saturated rings. The second kappa shape index (κ2) is 4.07. The van der Waals surface area contributed by atoms with Gasteiger partial charge in [0.05, 0.1) is 12.1 Å². The maximum absolute atomic E-state index is 11.4. The highest BCUT2D eigenvalue weighted by molar-refractivity contribution is 5.81. The summed E-state index contributed by atoms with van der Waals surface area (Å²) in [7, 11) is 0. The summed E-state index contributed by atoms with van der Waals surface area (Å²) in [5, 5.41) is 9.56. The summed E-state index contributed by atoms with van der Waals surface area (Å²) in [5.41, 5.74) is 5.48. The Kier molecular flexibility index (Phi) is 3.27. The van der Waals surface area contributed by atoms with Gasteiger partial charge in [-0.15, -0.1) is 0 Å². The number of hydrogen-bond donors (Lipinski definition) is 2. The van der Waals surface area contributed by atoms with Crippen molar-refractivity contribution in [1.29, 1.82) is 0 Å². The molecular formula is C9H18N2O2. The van der Waals surface area contributed by atoms with E-state index in [1.807, 2.05) is 6.92 Å². The first-order valence-electron chi connectivity index (χ1n) is 4.78. The van der Waals surface area contributed by atoms with Crippen molar-refractivity contribution in [2.45, 2.75) is 32.4 Å².